The molecule has 0 bridgehead atoms. The normalized spacial score (nSPS) is 11.1. The molecule has 1 amide bonds. The Morgan fingerprint density at radius 2 is 1.47 bits per heavy atom. The Labute approximate surface area is 208 Å². The van der Waals surface area contributed by atoms with Crippen LogP contribution < -0.4 is 9.62 Å². The van der Waals surface area contributed by atoms with E-state index in [1.807, 2.05) is 49.4 Å². The highest BCUT2D eigenvalue weighted by Gasteiger charge is 2.28. The summed E-state index contributed by atoms with van der Waals surface area (Å²) in [6.07, 6.45) is 0. The summed E-state index contributed by atoms with van der Waals surface area (Å²) in [5.41, 5.74) is 2.98. The number of carbonyl (C=O) groups is 1. The van der Waals surface area contributed by atoms with Gasteiger partial charge in [-0.25, -0.2) is 8.42 Å². The van der Waals surface area contributed by atoms with Crippen molar-refractivity contribution in [1.29, 1.82) is 0 Å². The van der Waals surface area contributed by atoms with Crippen LogP contribution in [0.15, 0.2) is 112 Å². The molecular weight excluding hydrogens is 512 g/mol. The Kier molecular flexibility index (Phi) is 7.14. The quantitative estimate of drug-likeness (QED) is 0.298. The SMILES string of the molecule is Cc1cc(NC(=O)c2ccccc2N(Cc2ccccc2)S(=O)(=O)c2ccccc2)ccc1Br. The van der Waals surface area contributed by atoms with Crippen molar-refractivity contribution in [3.63, 3.8) is 0 Å². The molecule has 0 aromatic heterocycles. The van der Waals surface area contributed by atoms with Crippen LogP contribution in [-0.4, -0.2) is 14.3 Å². The van der Waals surface area contributed by atoms with E-state index < -0.39 is 15.9 Å². The molecule has 0 atom stereocenters. The first kappa shape index (κ1) is 23.7. The third-order valence-corrected chi connectivity index (χ3v) is 8.00. The predicted molar refractivity (Wildman–Crippen MR) is 140 cm³/mol. The number of hydrogen-bond acceptors (Lipinski definition) is 3. The van der Waals surface area contributed by atoms with Gasteiger partial charge in [-0.05, 0) is 60.5 Å². The first-order valence-corrected chi connectivity index (χ1v) is 12.9. The van der Waals surface area contributed by atoms with Crippen LogP contribution in [0.2, 0.25) is 0 Å². The molecule has 4 aromatic rings. The molecule has 7 heteroatoms. The van der Waals surface area contributed by atoms with Crippen LogP contribution in [0.4, 0.5) is 11.4 Å². The van der Waals surface area contributed by atoms with Crippen molar-refractivity contribution in [1.82, 2.24) is 0 Å². The Morgan fingerprint density at radius 1 is 0.853 bits per heavy atom. The number of sulfonamides is 1. The van der Waals surface area contributed by atoms with E-state index in [1.54, 1.807) is 60.7 Å². The Morgan fingerprint density at radius 3 is 2.15 bits per heavy atom. The fraction of sp³-hybridized carbons (Fsp3) is 0.0741. The van der Waals surface area contributed by atoms with Crippen molar-refractivity contribution in [3.8, 4) is 0 Å². The lowest BCUT2D eigenvalue weighted by Gasteiger charge is -2.26. The summed E-state index contributed by atoms with van der Waals surface area (Å²) in [6, 6.07) is 29.8. The maximum absolute atomic E-state index is 13.7. The lowest BCUT2D eigenvalue weighted by molar-refractivity contribution is 0.102. The Hall–Kier alpha value is -3.42. The molecule has 0 aliphatic carbocycles. The summed E-state index contributed by atoms with van der Waals surface area (Å²) in [5, 5.41) is 2.90. The topological polar surface area (TPSA) is 66.5 Å². The third kappa shape index (κ3) is 5.21. The van der Waals surface area contributed by atoms with E-state index in [0.717, 1.165) is 15.6 Å². The van der Waals surface area contributed by atoms with Crippen molar-refractivity contribution in [2.75, 3.05) is 9.62 Å². The summed E-state index contributed by atoms with van der Waals surface area (Å²) in [5.74, 6) is -0.390. The number of hydrogen-bond donors (Lipinski definition) is 1. The molecule has 172 valence electrons. The molecule has 0 aliphatic rings. The number of carbonyl (C=O) groups excluding carboxylic acids is 1. The number of rotatable bonds is 7. The standard InChI is InChI=1S/C27H23BrN2O3S/c1-20-18-22(16-17-25(20)28)29-27(31)24-14-8-9-15-26(24)30(19-21-10-4-2-5-11-21)34(32,33)23-12-6-3-7-13-23/h2-18H,19H2,1H3,(H,29,31). The van der Waals surface area contributed by atoms with Gasteiger partial charge in [0.15, 0.2) is 0 Å². The minimum atomic E-state index is -3.95. The monoisotopic (exact) mass is 534 g/mol. The van der Waals surface area contributed by atoms with E-state index in [1.165, 1.54) is 4.31 Å². The van der Waals surface area contributed by atoms with Gasteiger partial charge in [-0.2, -0.15) is 0 Å². The highest BCUT2D eigenvalue weighted by Crippen LogP contribution is 2.30. The van der Waals surface area contributed by atoms with Crippen molar-refractivity contribution in [3.05, 3.63) is 124 Å². The van der Waals surface area contributed by atoms with Gasteiger partial charge in [0.2, 0.25) is 0 Å². The van der Waals surface area contributed by atoms with Crippen LogP contribution in [0.1, 0.15) is 21.5 Å². The largest absolute Gasteiger partial charge is 0.322 e. The maximum atomic E-state index is 13.7. The summed E-state index contributed by atoms with van der Waals surface area (Å²) in [4.78, 5) is 13.5. The van der Waals surface area contributed by atoms with Gasteiger partial charge in [0.05, 0.1) is 22.7 Å². The fourth-order valence-corrected chi connectivity index (χ4v) is 5.31. The van der Waals surface area contributed by atoms with Gasteiger partial charge in [0.1, 0.15) is 0 Å². The summed E-state index contributed by atoms with van der Waals surface area (Å²) >= 11 is 3.46. The van der Waals surface area contributed by atoms with Crippen LogP contribution >= 0.6 is 15.9 Å². The number of anilines is 2. The minimum absolute atomic E-state index is 0.0831. The number of nitrogens with zero attached hydrogens (tertiary/aromatic N) is 1. The number of amides is 1. The average molecular weight is 535 g/mol. The number of benzene rings is 4. The van der Waals surface area contributed by atoms with Gasteiger partial charge in [-0.3, -0.25) is 9.10 Å². The molecule has 0 saturated heterocycles. The lowest BCUT2D eigenvalue weighted by Crippen LogP contribution is -2.32. The van der Waals surface area contributed by atoms with Crippen LogP contribution in [-0.2, 0) is 16.6 Å². The lowest BCUT2D eigenvalue weighted by atomic mass is 10.1. The van der Waals surface area contributed by atoms with Crippen LogP contribution in [0.3, 0.4) is 0 Å². The van der Waals surface area contributed by atoms with E-state index in [9.17, 15) is 13.2 Å². The second-order valence-electron chi connectivity index (χ2n) is 7.75. The average Bonchev–Trinajstić information content (AvgIpc) is 2.86. The highest BCUT2D eigenvalue weighted by atomic mass is 79.9. The molecule has 4 rings (SSSR count). The number of nitrogens with one attached hydrogen (secondary N) is 1. The van der Waals surface area contributed by atoms with Crippen LogP contribution in [0.25, 0.3) is 0 Å². The smallest absolute Gasteiger partial charge is 0.264 e. The fourth-order valence-electron chi connectivity index (χ4n) is 3.57. The van der Waals surface area contributed by atoms with E-state index in [-0.39, 0.29) is 17.0 Å². The predicted octanol–water partition coefficient (Wildman–Crippen LogP) is 6.41. The second-order valence-corrected chi connectivity index (χ2v) is 10.5. The third-order valence-electron chi connectivity index (χ3n) is 5.33. The molecule has 0 saturated carbocycles. The van der Waals surface area contributed by atoms with E-state index in [2.05, 4.69) is 21.2 Å². The first-order chi connectivity index (χ1) is 16.4. The molecule has 0 heterocycles. The number of aryl methyl sites for hydroxylation is 1. The van der Waals surface area contributed by atoms with Crippen molar-refractivity contribution < 1.29 is 13.2 Å². The second kappa shape index (κ2) is 10.2. The summed E-state index contributed by atoms with van der Waals surface area (Å²) in [7, 11) is -3.95. The molecule has 0 fully saturated rings. The van der Waals surface area contributed by atoms with Gasteiger partial charge in [0, 0.05) is 10.2 Å². The van der Waals surface area contributed by atoms with Crippen molar-refractivity contribution in [2.24, 2.45) is 0 Å². The molecule has 5 nitrogen and oxygen atoms in total. The van der Waals surface area contributed by atoms with Gasteiger partial charge < -0.3 is 5.32 Å². The van der Waals surface area contributed by atoms with E-state index in [4.69, 9.17) is 0 Å². The first-order valence-electron chi connectivity index (χ1n) is 10.6. The zero-order valence-electron chi connectivity index (χ0n) is 18.5. The van der Waals surface area contributed by atoms with Gasteiger partial charge in [0.25, 0.3) is 15.9 Å². The van der Waals surface area contributed by atoms with E-state index in [0.29, 0.717) is 11.4 Å². The molecular formula is C27H23BrN2O3S. The summed E-state index contributed by atoms with van der Waals surface area (Å²) in [6.45, 7) is 2.02. The molecule has 34 heavy (non-hydrogen) atoms. The van der Waals surface area contributed by atoms with E-state index >= 15 is 0 Å². The molecule has 1 N–H and O–H groups in total. The summed E-state index contributed by atoms with van der Waals surface area (Å²) < 4.78 is 29.7. The number of halogens is 1. The zero-order valence-corrected chi connectivity index (χ0v) is 20.9. The molecule has 4 aromatic carbocycles. The van der Waals surface area contributed by atoms with Gasteiger partial charge >= 0.3 is 0 Å². The van der Waals surface area contributed by atoms with Crippen LogP contribution in [0.5, 0.6) is 0 Å². The Balaban J connectivity index is 1.77. The highest BCUT2D eigenvalue weighted by molar-refractivity contribution is 9.10. The Bertz CT molecular complexity index is 1410. The minimum Gasteiger partial charge on any atom is -0.322 e. The van der Waals surface area contributed by atoms with Crippen molar-refractivity contribution in [2.45, 2.75) is 18.4 Å². The zero-order chi connectivity index (χ0) is 24.1. The van der Waals surface area contributed by atoms with Gasteiger partial charge in [-0.1, -0.05) is 76.6 Å². The maximum Gasteiger partial charge on any atom is 0.264 e. The van der Waals surface area contributed by atoms with Gasteiger partial charge in [-0.15, -0.1) is 0 Å². The molecule has 0 spiro atoms. The van der Waals surface area contributed by atoms with Crippen LogP contribution in [0, 0.1) is 6.92 Å². The molecule has 0 radical (unpaired) electrons. The molecule has 0 aliphatic heterocycles. The molecule has 0 unspecified atom stereocenters. The number of para-hydroxylation sites is 1. The van der Waals surface area contributed by atoms with Crippen molar-refractivity contribution >= 4 is 43.2 Å².